The maximum Gasteiger partial charge on any atom is 0.182 e. The smallest absolute Gasteiger partial charge is 0.182 e. The Kier molecular flexibility index (Phi) is 4.97. The van der Waals surface area contributed by atoms with Crippen molar-refractivity contribution < 1.29 is 4.79 Å². The highest BCUT2D eigenvalue weighted by Gasteiger charge is 2.11. The number of carbonyl (C=O) groups is 1. The zero-order valence-electron chi connectivity index (χ0n) is 9.15. The third-order valence-electron chi connectivity index (χ3n) is 2.20. The topological polar surface area (TPSA) is 73.8 Å². The zero-order valence-corrected chi connectivity index (χ0v) is 9.15. The summed E-state index contributed by atoms with van der Waals surface area (Å²) >= 11 is 0. The fraction of sp³-hybridized carbons (Fsp3) is 0.700. The second-order valence-corrected chi connectivity index (χ2v) is 3.51. The molecular formula is C10H18N4O. The summed E-state index contributed by atoms with van der Waals surface area (Å²) in [5.41, 5.74) is 5.99. The van der Waals surface area contributed by atoms with Gasteiger partial charge in [-0.2, -0.15) is 0 Å². The van der Waals surface area contributed by atoms with Gasteiger partial charge in [-0.3, -0.25) is 4.79 Å². The van der Waals surface area contributed by atoms with Crippen LogP contribution >= 0.6 is 0 Å². The summed E-state index contributed by atoms with van der Waals surface area (Å²) in [5, 5.41) is 7.63. The van der Waals surface area contributed by atoms with E-state index >= 15 is 0 Å². The van der Waals surface area contributed by atoms with E-state index in [0.717, 1.165) is 25.8 Å². The third-order valence-corrected chi connectivity index (χ3v) is 2.20. The summed E-state index contributed by atoms with van der Waals surface area (Å²) in [5.74, 6) is 0.113. The van der Waals surface area contributed by atoms with Gasteiger partial charge in [-0.1, -0.05) is 12.1 Å². The van der Waals surface area contributed by atoms with Crippen molar-refractivity contribution in [2.24, 2.45) is 5.73 Å². The highest BCUT2D eigenvalue weighted by molar-refractivity contribution is 5.94. The number of aryl methyl sites for hydroxylation is 1. The molecular weight excluding hydrogens is 192 g/mol. The van der Waals surface area contributed by atoms with E-state index in [1.807, 2.05) is 6.92 Å². The minimum atomic E-state index is 0.113. The molecule has 0 aliphatic rings. The molecule has 0 radical (unpaired) electrons. The van der Waals surface area contributed by atoms with E-state index in [-0.39, 0.29) is 5.78 Å². The second kappa shape index (κ2) is 6.29. The van der Waals surface area contributed by atoms with E-state index in [0.29, 0.717) is 18.7 Å². The summed E-state index contributed by atoms with van der Waals surface area (Å²) < 4.78 is 1.67. The van der Waals surface area contributed by atoms with E-state index in [9.17, 15) is 4.79 Å². The van der Waals surface area contributed by atoms with Crippen molar-refractivity contribution in [3.05, 3.63) is 11.9 Å². The Morgan fingerprint density at radius 3 is 3.00 bits per heavy atom. The van der Waals surface area contributed by atoms with Crippen molar-refractivity contribution in [2.75, 3.05) is 6.54 Å². The molecule has 0 aliphatic carbocycles. The lowest BCUT2D eigenvalue weighted by atomic mass is 10.1. The fourth-order valence-corrected chi connectivity index (χ4v) is 1.41. The number of nitrogens with two attached hydrogens (primary N) is 1. The standard InChI is InChI=1S/C10H18N4O/c1-2-7-14-9(8-12-13-14)10(15)5-3-4-6-11/h8H,2-7,11H2,1H3. The predicted octanol–water partition coefficient (Wildman–Crippen LogP) is 1.000. The van der Waals surface area contributed by atoms with Gasteiger partial charge in [-0.15, -0.1) is 5.10 Å². The molecule has 0 fully saturated rings. The van der Waals surface area contributed by atoms with E-state index in [1.165, 1.54) is 0 Å². The molecule has 0 amide bonds. The number of nitrogens with zero attached hydrogens (tertiary/aromatic N) is 3. The lowest BCUT2D eigenvalue weighted by Gasteiger charge is -2.03. The summed E-state index contributed by atoms with van der Waals surface area (Å²) in [6.45, 7) is 3.43. The molecule has 0 saturated carbocycles. The molecule has 1 rings (SSSR count). The molecule has 0 saturated heterocycles. The highest BCUT2D eigenvalue weighted by atomic mass is 16.1. The van der Waals surface area contributed by atoms with E-state index in [2.05, 4.69) is 10.3 Å². The summed E-state index contributed by atoms with van der Waals surface area (Å²) in [4.78, 5) is 11.7. The highest BCUT2D eigenvalue weighted by Crippen LogP contribution is 2.05. The molecule has 1 heterocycles. The van der Waals surface area contributed by atoms with Crippen molar-refractivity contribution in [1.82, 2.24) is 15.0 Å². The number of ketones is 1. The van der Waals surface area contributed by atoms with E-state index < -0.39 is 0 Å². The molecule has 5 heteroatoms. The Bertz CT molecular complexity index is 308. The molecule has 5 nitrogen and oxygen atoms in total. The van der Waals surface area contributed by atoms with Crippen molar-refractivity contribution in [3.8, 4) is 0 Å². The number of rotatable bonds is 7. The van der Waals surface area contributed by atoms with Crippen LogP contribution in [0.3, 0.4) is 0 Å². The lowest BCUT2D eigenvalue weighted by molar-refractivity contribution is 0.0969. The molecule has 1 aromatic rings. The maximum absolute atomic E-state index is 11.7. The van der Waals surface area contributed by atoms with Gasteiger partial charge in [-0.25, -0.2) is 4.68 Å². The van der Waals surface area contributed by atoms with Crippen LogP contribution in [0.4, 0.5) is 0 Å². The van der Waals surface area contributed by atoms with Gasteiger partial charge in [0.2, 0.25) is 0 Å². The Hall–Kier alpha value is -1.23. The fourth-order valence-electron chi connectivity index (χ4n) is 1.41. The van der Waals surface area contributed by atoms with Crippen LogP contribution in [0.25, 0.3) is 0 Å². The Morgan fingerprint density at radius 1 is 1.53 bits per heavy atom. The van der Waals surface area contributed by atoms with Crippen molar-refractivity contribution in [1.29, 1.82) is 0 Å². The van der Waals surface area contributed by atoms with Crippen molar-refractivity contribution >= 4 is 5.78 Å². The largest absolute Gasteiger partial charge is 0.330 e. The Labute approximate surface area is 89.6 Å². The number of aromatic nitrogens is 3. The van der Waals surface area contributed by atoms with Crippen LogP contribution in [0.15, 0.2) is 6.20 Å². The van der Waals surface area contributed by atoms with Gasteiger partial charge >= 0.3 is 0 Å². The summed E-state index contributed by atoms with van der Waals surface area (Å²) in [7, 11) is 0. The van der Waals surface area contributed by atoms with Gasteiger partial charge < -0.3 is 5.73 Å². The molecule has 0 bridgehead atoms. The third kappa shape index (κ3) is 3.43. The molecule has 0 unspecified atom stereocenters. The van der Waals surface area contributed by atoms with E-state index in [4.69, 9.17) is 5.73 Å². The van der Waals surface area contributed by atoms with Gasteiger partial charge in [0.25, 0.3) is 0 Å². The molecule has 84 valence electrons. The average Bonchev–Trinajstić information content (AvgIpc) is 2.67. The molecule has 0 aromatic carbocycles. The van der Waals surface area contributed by atoms with Crippen LogP contribution in [-0.2, 0) is 6.54 Å². The molecule has 0 aliphatic heterocycles. The number of hydrogen-bond acceptors (Lipinski definition) is 4. The minimum Gasteiger partial charge on any atom is -0.330 e. The predicted molar refractivity (Wildman–Crippen MR) is 57.5 cm³/mol. The minimum absolute atomic E-state index is 0.113. The van der Waals surface area contributed by atoms with E-state index in [1.54, 1.807) is 10.9 Å². The van der Waals surface area contributed by atoms with Crippen molar-refractivity contribution in [2.45, 2.75) is 39.2 Å². The second-order valence-electron chi connectivity index (χ2n) is 3.51. The first-order valence-electron chi connectivity index (χ1n) is 5.41. The summed E-state index contributed by atoms with van der Waals surface area (Å²) in [6, 6.07) is 0. The first-order valence-corrected chi connectivity index (χ1v) is 5.41. The first-order chi connectivity index (χ1) is 7.29. The van der Waals surface area contributed by atoms with Crippen LogP contribution < -0.4 is 5.73 Å². The van der Waals surface area contributed by atoms with Gasteiger partial charge in [0.15, 0.2) is 5.78 Å². The van der Waals surface area contributed by atoms with Crippen LogP contribution in [0.1, 0.15) is 43.1 Å². The number of hydrogen-bond donors (Lipinski definition) is 1. The van der Waals surface area contributed by atoms with Gasteiger partial charge in [0, 0.05) is 13.0 Å². The van der Waals surface area contributed by atoms with Gasteiger partial charge in [0.05, 0.1) is 6.20 Å². The normalized spacial score (nSPS) is 10.5. The molecule has 2 N–H and O–H groups in total. The van der Waals surface area contributed by atoms with Gasteiger partial charge in [-0.05, 0) is 25.8 Å². The zero-order chi connectivity index (χ0) is 11.1. The van der Waals surface area contributed by atoms with Crippen LogP contribution in [0, 0.1) is 0 Å². The number of Topliss-reactive ketones (excluding diaryl/α,β-unsaturated/α-hetero) is 1. The number of unbranched alkanes of at least 4 members (excludes halogenated alkanes) is 1. The average molecular weight is 210 g/mol. The Morgan fingerprint density at radius 2 is 2.33 bits per heavy atom. The lowest BCUT2D eigenvalue weighted by Crippen LogP contribution is -2.11. The molecule has 1 aromatic heterocycles. The first kappa shape index (κ1) is 11.8. The quantitative estimate of drug-likeness (QED) is 0.538. The van der Waals surface area contributed by atoms with Crippen LogP contribution in [-0.4, -0.2) is 27.3 Å². The molecule has 15 heavy (non-hydrogen) atoms. The molecule has 0 atom stereocenters. The SMILES string of the molecule is CCCn1nncc1C(=O)CCCCN. The van der Waals surface area contributed by atoms with Crippen LogP contribution in [0.2, 0.25) is 0 Å². The molecule has 0 spiro atoms. The monoisotopic (exact) mass is 210 g/mol. The van der Waals surface area contributed by atoms with Crippen LogP contribution in [0.5, 0.6) is 0 Å². The Balaban J connectivity index is 2.53. The maximum atomic E-state index is 11.7. The van der Waals surface area contributed by atoms with Gasteiger partial charge in [0.1, 0.15) is 5.69 Å². The van der Waals surface area contributed by atoms with Crippen molar-refractivity contribution in [3.63, 3.8) is 0 Å². The number of carbonyl (C=O) groups excluding carboxylic acids is 1. The summed E-state index contributed by atoms with van der Waals surface area (Å²) in [6.07, 6.45) is 4.76.